The average molecular weight is 539 g/mol. The normalized spacial score (nSPS) is 14.6. The zero-order chi connectivity index (χ0) is 24.1. The first-order valence-corrected chi connectivity index (χ1v) is 10.4. The van der Waals surface area contributed by atoms with Crippen molar-refractivity contribution >= 4 is 62.4 Å². The molecule has 0 saturated carbocycles. The molecule has 0 bridgehead atoms. The summed E-state index contributed by atoms with van der Waals surface area (Å²) in [6.07, 6.45) is -3.48. The summed E-state index contributed by atoms with van der Waals surface area (Å²) in [5.41, 5.74) is -1.77. The van der Waals surface area contributed by atoms with Crippen LogP contribution in [-0.2, 0) is 11.0 Å². The Morgan fingerprint density at radius 1 is 1.09 bits per heavy atom. The van der Waals surface area contributed by atoms with E-state index in [9.17, 15) is 27.9 Å². The van der Waals surface area contributed by atoms with Crippen molar-refractivity contribution in [2.75, 3.05) is 4.90 Å². The molecule has 3 aromatic rings. The molecule has 1 heterocycles. The molecule has 10 heteroatoms. The predicted octanol–water partition coefficient (Wildman–Crippen LogP) is 6.74. The molecule has 0 aromatic heterocycles. The fourth-order valence-corrected chi connectivity index (χ4v) is 4.43. The van der Waals surface area contributed by atoms with Gasteiger partial charge in [0, 0.05) is 26.7 Å². The van der Waals surface area contributed by atoms with E-state index in [2.05, 4.69) is 15.9 Å². The predicted molar refractivity (Wildman–Crippen MR) is 121 cm³/mol. The number of halogens is 5. The monoisotopic (exact) mass is 537 g/mol. The third kappa shape index (κ3) is 3.98. The molecule has 0 unspecified atom stereocenters. The lowest BCUT2D eigenvalue weighted by Gasteiger charge is -2.18. The van der Waals surface area contributed by atoms with Crippen molar-refractivity contribution in [2.45, 2.75) is 6.18 Å². The molecule has 1 aliphatic rings. The molecule has 0 fully saturated rings. The van der Waals surface area contributed by atoms with Crippen molar-refractivity contribution in [2.24, 2.45) is 0 Å². The van der Waals surface area contributed by atoms with Gasteiger partial charge in [-0.2, -0.15) is 13.2 Å². The van der Waals surface area contributed by atoms with Crippen molar-refractivity contribution in [3.8, 4) is 5.75 Å². The Labute approximate surface area is 198 Å². The number of amides is 1. The minimum atomic E-state index is -4.76. The van der Waals surface area contributed by atoms with Crippen LogP contribution in [0.5, 0.6) is 5.75 Å². The first-order chi connectivity index (χ1) is 15.5. The summed E-state index contributed by atoms with van der Waals surface area (Å²) in [4.78, 5) is 25.6. The third-order valence-electron chi connectivity index (χ3n) is 5.05. The smallest absolute Gasteiger partial charge is 0.417 e. The molecule has 168 valence electrons. The summed E-state index contributed by atoms with van der Waals surface area (Å²) in [5, 5.41) is 19.4. The van der Waals surface area contributed by atoms with E-state index in [-0.39, 0.29) is 27.5 Å². The van der Waals surface area contributed by atoms with Gasteiger partial charge in [0.25, 0.3) is 5.91 Å². The molecular formula is C23H12BrClF3NO4. The van der Waals surface area contributed by atoms with Crippen LogP contribution in [0.3, 0.4) is 0 Å². The van der Waals surface area contributed by atoms with Crippen LogP contribution in [0.25, 0.3) is 11.6 Å². The van der Waals surface area contributed by atoms with Crippen molar-refractivity contribution in [1.29, 1.82) is 0 Å². The Hall–Kier alpha value is -3.30. The first-order valence-electron chi connectivity index (χ1n) is 9.27. The third-order valence-corrected chi connectivity index (χ3v) is 6.07. The van der Waals surface area contributed by atoms with Crippen LogP contribution in [0.2, 0.25) is 5.02 Å². The number of nitrogens with zero attached hydrogens (tertiary/aromatic N) is 1. The maximum absolute atomic E-state index is 13.9. The molecule has 0 aliphatic carbocycles. The number of carbonyl (C=O) groups is 2. The fraction of sp³-hybridized carbons (Fsp3) is 0.0435. The highest BCUT2D eigenvalue weighted by Gasteiger charge is 2.43. The molecular weight excluding hydrogens is 527 g/mol. The Kier molecular flexibility index (Phi) is 5.71. The molecule has 3 aromatic carbocycles. The highest BCUT2D eigenvalue weighted by molar-refractivity contribution is 9.10. The van der Waals surface area contributed by atoms with Gasteiger partial charge < -0.3 is 10.2 Å². The zero-order valence-electron chi connectivity index (χ0n) is 16.3. The van der Waals surface area contributed by atoms with Crippen LogP contribution < -0.4 is 4.90 Å². The minimum Gasteiger partial charge on any atom is -0.507 e. The molecule has 0 saturated heterocycles. The molecule has 4 rings (SSSR count). The number of hydrogen-bond donors (Lipinski definition) is 2. The summed E-state index contributed by atoms with van der Waals surface area (Å²) in [6.45, 7) is 0. The van der Waals surface area contributed by atoms with Gasteiger partial charge in [0.05, 0.1) is 22.5 Å². The molecule has 0 atom stereocenters. The average Bonchev–Trinajstić information content (AvgIpc) is 3.01. The van der Waals surface area contributed by atoms with Crippen molar-refractivity contribution in [3.63, 3.8) is 0 Å². The number of phenols is 1. The van der Waals surface area contributed by atoms with Gasteiger partial charge in [-0.1, -0.05) is 39.7 Å². The van der Waals surface area contributed by atoms with E-state index in [1.165, 1.54) is 30.3 Å². The number of rotatable bonds is 3. The number of hydrogen-bond acceptors (Lipinski definition) is 3. The second kappa shape index (κ2) is 8.24. The Bertz CT molecular complexity index is 1330. The number of benzene rings is 3. The minimum absolute atomic E-state index is 0.00435. The molecule has 0 radical (unpaired) electrons. The highest BCUT2D eigenvalue weighted by atomic mass is 79.9. The van der Waals surface area contributed by atoms with Gasteiger partial charge in [0.1, 0.15) is 11.3 Å². The summed E-state index contributed by atoms with van der Waals surface area (Å²) >= 11 is 9.52. The number of aromatic hydroxyl groups is 1. The van der Waals surface area contributed by atoms with Crippen LogP contribution in [0.15, 0.2) is 59.1 Å². The second-order valence-corrected chi connectivity index (χ2v) is 8.30. The van der Waals surface area contributed by atoms with E-state index in [0.29, 0.717) is 10.0 Å². The van der Waals surface area contributed by atoms with E-state index in [0.717, 1.165) is 23.1 Å². The number of alkyl halides is 3. The lowest BCUT2D eigenvalue weighted by atomic mass is 9.98. The van der Waals surface area contributed by atoms with Crippen LogP contribution in [-0.4, -0.2) is 22.1 Å². The van der Waals surface area contributed by atoms with Gasteiger partial charge in [-0.3, -0.25) is 9.69 Å². The summed E-state index contributed by atoms with van der Waals surface area (Å²) in [5.74, 6) is -2.82. The standard InChI is InChI=1S/C23H12BrClF3NO4/c24-16-4-2-5-17(25)13(16)10-14-20-15(23(26,27)28)3-1-6-18(20)29(21(14)31)11-7-8-12(22(32)33)19(30)9-11/h1-10,30H,(H,32,33)/b14-10+. The van der Waals surface area contributed by atoms with Crippen molar-refractivity contribution in [1.82, 2.24) is 0 Å². The Morgan fingerprint density at radius 3 is 2.39 bits per heavy atom. The number of anilines is 2. The maximum atomic E-state index is 13.9. The lowest BCUT2D eigenvalue weighted by Crippen LogP contribution is -2.20. The Balaban J connectivity index is 1.99. The van der Waals surface area contributed by atoms with Gasteiger partial charge in [-0.15, -0.1) is 0 Å². The van der Waals surface area contributed by atoms with E-state index in [4.69, 9.17) is 16.7 Å². The highest BCUT2D eigenvalue weighted by Crippen LogP contribution is 2.49. The van der Waals surface area contributed by atoms with Crippen molar-refractivity contribution < 1.29 is 33.0 Å². The maximum Gasteiger partial charge on any atom is 0.417 e. The number of fused-ring (bicyclic) bond motifs is 1. The van der Waals surface area contributed by atoms with Crippen LogP contribution in [0.4, 0.5) is 24.5 Å². The summed E-state index contributed by atoms with van der Waals surface area (Å²) < 4.78 is 42.1. The van der Waals surface area contributed by atoms with E-state index in [1.807, 2.05) is 0 Å². The lowest BCUT2D eigenvalue weighted by molar-refractivity contribution is -0.137. The Morgan fingerprint density at radius 2 is 1.79 bits per heavy atom. The van der Waals surface area contributed by atoms with E-state index in [1.54, 1.807) is 12.1 Å². The summed E-state index contributed by atoms with van der Waals surface area (Å²) in [7, 11) is 0. The number of carbonyl (C=O) groups excluding carboxylic acids is 1. The van der Waals surface area contributed by atoms with E-state index < -0.39 is 34.9 Å². The van der Waals surface area contributed by atoms with Gasteiger partial charge in [0.15, 0.2) is 0 Å². The van der Waals surface area contributed by atoms with Gasteiger partial charge in [-0.05, 0) is 42.5 Å². The molecule has 1 amide bonds. The largest absolute Gasteiger partial charge is 0.507 e. The summed E-state index contributed by atoms with van der Waals surface area (Å²) in [6, 6.07) is 11.5. The topological polar surface area (TPSA) is 77.8 Å². The number of aromatic carboxylic acids is 1. The number of carboxylic acids is 1. The van der Waals surface area contributed by atoms with Crippen LogP contribution >= 0.6 is 27.5 Å². The van der Waals surface area contributed by atoms with Crippen LogP contribution in [0.1, 0.15) is 27.0 Å². The van der Waals surface area contributed by atoms with Gasteiger partial charge in [-0.25, -0.2) is 4.79 Å². The first kappa shape index (κ1) is 22.9. The van der Waals surface area contributed by atoms with Crippen LogP contribution in [0, 0.1) is 0 Å². The number of carboxylic acid groups (broad SMARTS) is 1. The SMILES string of the molecule is O=C(O)c1ccc(N2C(=O)/C(=C/c3c(Cl)cccc3Br)c3c2cccc3C(F)(F)F)cc1O. The molecule has 1 aliphatic heterocycles. The quantitative estimate of drug-likeness (QED) is 0.362. The molecule has 2 N–H and O–H groups in total. The zero-order valence-corrected chi connectivity index (χ0v) is 18.7. The fourth-order valence-electron chi connectivity index (χ4n) is 3.61. The molecule has 0 spiro atoms. The molecule has 33 heavy (non-hydrogen) atoms. The molecule has 5 nitrogen and oxygen atoms in total. The van der Waals surface area contributed by atoms with Crippen molar-refractivity contribution in [3.05, 3.63) is 86.3 Å². The van der Waals surface area contributed by atoms with E-state index >= 15 is 0 Å². The van der Waals surface area contributed by atoms with Gasteiger partial charge >= 0.3 is 12.1 Å². The second-order valence-electron chi connectivity index (χ2n) is 7.04. The van der Waals surface area contributed by atoms with Gasteiger partial charge in [0.2, 0.25) is 0 Å².